The molecule has 0 unspecified atom stereocenters. The van der Waals surface area contributed by atoms with Gasteiger partial charge in [0.25, 0.3) is 0 Å². The Bertz CT molecular complexity index is 1780. The Kier molecular flexibility index (Phi) is 4.39. The number of pyridine rings is 4. The van der Waals surface area contributed by atoms with Crippen molar-refractivity contribution < 1.29 is 0 Å². The quantitative estimate of drug-likeness (QED) is 0.297. The minimum Gasteiger partial charge on any atom is -0.297 e. The molecule has 0 atom stereocenters. The maximum Gasteiger partial charge on any atom is 0.179 e. The van der Waals surface area contributed by atoms with Crippen molar-refractivity contribution in [3.63, 3.8) is 0 Å². The Morgan fingerprint density at radius 3 is 1.94 bits per heavy atom. The van der Waals surface area contributed by atoms with Gasteiger partial charge in [0.1, 0.15) is 5.65 Å². The maximum atomic E-state index is 4.77. The van der Waals surface area contributed by atoms with Crippen LogP contribution >= 0.6 is 0 Å². The van der Waals surface area contributed by atoms with Gasteiger partial charge in [0.05, 0.1) is 5.52 Å². The highest BCUT2D eigenvalue weighted by molar-refractivity contribution is 6.03. The third-order valence-corrected chi connectivity index (χ3v) is 6.40. The van der Waals surface area contributed by atoms with Crippen molar-refractivity contribution >= 4 is 27.6 Å². The fraction of sp³-hybridized carbons (Fsp3) is 0. The summed E-state index contributed by atoms with van der Waals surface area (Å²) in [6.07, 6.45) is 11.4. The summed E-state index contributed by atoms with van der Waals surface area (Å²) in [7, 11) is 0. The monoisotopic (exact) mass is 449 g/mol. The van der Waals surface area contributed by atoms with Crippen molar-refractivity contribution in [2.75, 3.05) is 0 Å². The third-order valence-electron chi connectivity index (χ3n) is 6.40. The summed E-state index contributed by atoms with van der Waals surface area (Å²) in [5, 5.41) is 2.24. The molecule has 0 spiro atoms. The summed E-state index contributed by atoms with van der Waals surface area (Å²) in [5.41, 5.74) is 9.23. The molecule has 0 aliphatic rings. The summed E-state index contributed by atoms with van der Waals surface area (Å²) in [6.45, 7) is 0. The summed E-state index contributed by atoms with van der Waals surface area (Å²) in [5.74, 6) is 0. The third kappa shape index (κ3) is 3.33. The van der Waals surface area contributed by atoms with E-state index in [0.29, 0.717) is 0 Å². The number of benzene rings is 2. The van der Waals surface area contributed by atoms with Crippen LogP contribution < -0.4 is 0 Å². The smallest absolute Gasteiger partial charge is 0.179 e. The Morgan fingerprint density at radius 2 is 1.26 bits per heavy atom. The predicted molar refractivity (Wildman–Crippen MR) is 140 cm³/mol. The van der Waals surface area contributed by atoms with Crippen LogP contribution in [0.2, 0.25) is 0 Å². The molecule has 0 N–H and O–H groups in total. The van der Waals surface area contributed by atoms with Crippen molar-refractivity contribution in [1.82, 2.24) is 24.3 Å². The molecule has 5 heterocycles. The average molecular weight is 450 g/mol. The van der Waals surface area contributed by atoms with Crippen LogP contribution in [0.15, 0.2) is 116 Å². The zero-order chi connectivity index (χ0) is 23.2. The van der Waals surface area contributed by atoms with Crippen LogP contribution in [-0.4, -0.2) is 24.3 Å². The molecule has 0 saturated heterocycles. The molecule has 35 heavy (non-hydrogen) atoms. The van der Waals surface area contributed by atoms with Crippen molar-refractivity contribution in [2.45, 2.75) is 0 Å². The maximum absolute atomic E-state index is 4.77. The number of rotatable bonds is 3. The van der Waals surface area contributed by atoms with Gasteiger partial charge >= 0.3 is 0 Å². The van der Waals surface area contributed by atoms with Crippen LogP contribution in [0, 0.1) is 0 Å². The van der Waals surface area contributed by atoms with Gasteiger partial charge in [-0.15, -0.1) is 0 Å². The van der Waals surface area contributed by atoms with E-state index in [9.17, 15) is 0 Å². The number of hydrogen-bond acceptors (Lipinski definition) is 4. The van der Waals surface area contributed by atoms with E-state index < -0.39 is 0 Å². The first kappa shape index (κ1) is 19.6. The second kappa shape index (κ2) is 7.85. The Balaban J connectivity index is 1.48. The Morgan fingerprint density at radius 1 is 0.571 bits per heavy atom. The first-order valence-corrected chi connectivity index (χ1v) is 11.5. The van der Waals surface area contributed by atoms with Crippen LogP contribution in [-0.2, 0) is 0 Å². The van der Waals surface area contributed by atoms with Crippen molar-refractivity contribution in [2.24, 2.45) is 0 Å². The molecular weight excluding hydrogens is 430 g/mol. The lowest BCUT2D eigenvalue weighted by Crippen LogP contribution is -1.90. The highest BCUT2D eigenvalue weighted by Gasteiger charge is 2.12. The molecule has 0 aliphatic carbocycles. The molecule has 5 aromatic heterocycles. The lowest BCUT2D eigenvalue weighted by molar-refractivity contribution is 1.23. The molecule has 0 fully saturated rings. The average Bonchev–Trinajstić information content (AvgIpc) is 3.32. The van der Waals surface area contributed by atoms with Crippen molar-refractivity contribution in [3.8, 4) is 33.4 Å². The van der Waals surface area contributed by atoms with Crippen LogP contribution in [0.1, 0.15) is 0 Å². The normalized spacial score (nSPS) is 11.4. The zero-order valence-corrected chi connectivity index (χ0v) is 18.7. The highest BCUT2D eigenvalue weighted by Crippen LogP contribution is 2.33. The fourth-order valence-electron chi connectivity index (χ4n) is 4.69. The summed E-state index contributed by atoms with van der Waals surface area (Å²) in [4.78, 5) is 18.0. The Labute approximate surface area is 201 Å². The van der Waals surface area contributed by atoms with E-state index in [0.717, 1.165) is 61.0 Å². The Hall–Kier alpha value is -4.90. The zero-order valence-electron chi connectivity index (χ0n) is 18.7. The minimum absolute atomic E-state index is 0.751. The highest BCUT2D eigenvalue weighted by atomic mass is 15.0. The second-order valence-corrected chi connectivity index (χ2v) is 8.56. The summed E-state index contributed by atoms with van der Waals surface area (Å²) >= 11 is 0. The van der Waals surface area contributed by atoms with E-state index in [1.165, 1.54) is 0 Å². The van der Waals surface area contributed by atoms with Gasteiger partial charge in [0, 0.05) is 59.1 Å². The topological polar surface area (TPSA) is 56.0 Å². The van der Waals surface area contributed by atoms with Gasteiger partial charge in [-0.05, 0) is 64.7 Å². The second-order valence-electron chi connectivity index (χ2n) is 8.56. The predicted octanol–water partition coefficient (Wildman–Crippen LogP) is 6.83. The number of nitrogens with zero attached hydrogens (tertiary/aromatic N) is 5. The lowest BCUT2D eigenvalue weighted by Gasteiger charge is -2.11. The van der Waals surface area contributed by atoms with Gasteiger partial charge in [-0.25, -0.2) is 9.97 Å². The number of fused-ring (bicyclic) bond motifs is 5. The van der Waals surface area contributed by atoms with Gasteiger partial charge in [0.15, 0.2) is 5.65 Å². The summed E-state index contributed by atoms with van der Waals surface area (Å²) < 4.78 is 2.15. The largest absolute Gasteiger partial charge is 0.297 e. The molecule has 0 radical (unpaired) electrons. The van der Waals surface area contributed by atoms with Crippen LogP contribution in [0.5, 0.6) is 0 Å². The van der Waals surface area contributed by atoms with Gasteiger partial charge < -0.3 is 0 Å². The molecule has 7 rings (SSSR count). The molecule has 0 bridgehead atoms. The standard InChI is InChI=1S/C30H19N5/c1-2-8-27-22(5-1)18-33-30-29(27)35-19-23(9-10-28(35)34-30)26-14-24(20-6-3-11-31-16-20)13-25(15-26)21-7-4-12-32-17-21/h1-19H. The van der Waals surface area contributed by atoms with E-state index in [4.69, 9.17) is 4.98 Å². The first-order chi connectivity index (χ1) is 17.3. The molecule has 2 aromatic carbocycles. The van der Waals surface area contributed by atoms with Crippen molar-refractivity contribution in [1.29, 1.82) is 0 Å². The van der Waals surface area contributed by atoms with E-state index >= 15 is 0 Å². The van der Waals surface area contributed by atoms with Gasteiger partial charge in [-0.2, -0.15) is 0 Å². The summed E-state index contributed by atoms with van der Waals surface area (Å²) in [6, 6.07) is 27.2. The molecule has 5 nitrogen and oxygen atoms in total. The van der Waals surface area contributed by atoms with E-state index in [1.807, 2.05) is 36.8 Å². The molecule has 0 aliphatic heterocycles. The molecule has 5 heteroatoms. The van der Waals surface area contributed by atoms with Crippen LogP contribution in [0.4, 0.5) is 0 Å². The number of imidazole rings is 1. The number of hydrogen-bond donors (Lipinski definition) is 0. The molecule has 7 aromatic rings. The molecule has 0 amide bonds. The minimum atomic E-state index is 0.751. The fourth-order valence-corrected chi connectivity index (χ4v) is 4.69. The van der Waals surface area contributed by atoms with Gasteiger partial charge in [-0.3, -0.25) is 14.4 Å². The van der Waals surface area contributed by atoms with E-state index in [2.05, 4.69) is 86.2 Å². The number of aromatic nitrogens is 5. The molecule has 164 valence electrons. The first-order valence-electron chi connectivity index (χ1n) is 11.5. The van der Waals surface area contributed by atoms with Crippen molar-refractivity contribution in [3.05, 3.63) is 116 Å². The van der Waals surface area contributed by atoms with Crippen LogP contribution in [0.25, 0.3) is 61.0 Å². The molecular formula is C30H19N5. The van der Waals surface area contributed by atoms with Gasteiger partial charge in [0.2, 0.25) is 0 Å². The van der Waals surface area contributed by atoms with E-state index in [-0.39, 0.29) is 0 Å². The SMILES string of the molecule is c1cncc(-c2cc(-c3cccnc3)cc(-c3ccc4nc5ncc6ccccc6c5n4c3)c2)c1. The lowest BCUT2D eigenvalue weighted by atomic mass is 9.95. The molecule has 0 saturated carbocycles. The van der Waals surface area contributed by atoms with E-state index in [1.54, 1.807) is 12.4 Å². The van der Waals surface area contributed by atoms with Gasteiger partial charge in [-0.1, -0.05) is 36.4 Å². The van der Waals surface area contributed by atoms with Crippen LogP contribution in [0.3, 0.4) is 0 Å².